The number of hydrogen-bond acceptors (Lipinski definition) is 9. The van der Waals surface area contributed by atoms with Crippen LogP contribution in [-0.4, -0.2) is 34.7 Å². The van der Waals surface area contributed by atoms with Crippen LogP contribution < -0.4 is 16.1 Å². The van der Waals surface area contributed by atoms with Gasteiger partial charge in [-0.1, -0.05) is 6.07 Å². The number of thiazole rings is 1. The summed E-state index contributed by atoms with van der Waals surface area (Å²) in [7, 11) is 0. The van der Waals surface area contributed by atoms with Crippen molar-refractivity contribution in [1.29, 1.82) is 0 Å². The van der Waals surface area contributed by atoms with Gasteiger partial charge in [-0.25, -0.2) is 15.3 Å². The second-order valence-corrected chi connectivity index (χ2v) is 10.3. The number of benzene rings is 1. The number of hydroxylamine groups is 1. The molecule has 194 valence electrons. The summed E-state index contributed by atoms with van der Waals surface area (Å²) < 4.78 is 5.41. The van der Waals surface area contributed by atoms with Gasteiger partial charge in [0.25, 0.3) is 11.8 Å². The highest BCUT2D eigenvalue weighted by Gasteiger charge is 2.15. The van der Waals surface area contributed by atoms with E-state index in [1.54, 1.807) is 30.6 Å². The SMILES string of the molecule is O=C(/C=C/c1ccc(C(=O)Nc2cccc(Nc3nc(-c4cccnc4)cs3)c2)s1)NOC1CCCCO1. The topological polar surface area (TPSA) is 114 Å². The molecular weight excluding hydrogens is 522 g/mol. The van der Waals surface area contributed by atoms with Crippen LogP contribution in [0, 0.1) is 0 Å². The van der Waals surface area contributed by atoms with Crippen LogP contribution in [0.4, 0.5) is 16.5 Å². The molecule has 0 radical (unpaired) electrons. The van der Waals surface area contributed by atoms with E-state index in [0.717, 1.165) is 46.2 Å². The number of nitrogens with one attached hydrogen (secondary N) is 3. The number of nitrogens with zero attached hydrogens (tertiary/aromatic N) is 2. The Balaban J connectivity index is 1.14. The highest BCUT2D eigenvalue weighted by molar-refractivity contribution is 7.15. The van der Waals surface area contributed by atoms with Crippen molar-refractivity contribution in [3.05, 3.63) is 82.1 Å². The van der Waals surface area contributed by atoms with E-state index in [1.165, 1.54) is 28.7 Å². The van der Waals surface area contributed by atoms with Crippen LogP contribution in [0.1, 0.15) is 33.8 Å². The van der Waals surface area contributed by atoms with Crippen molar-refractivity contribution in [2.75, 3.05) is 17.2 Å². The molecule has 0 bridgehead atoms. The first-order valence-corrected chi connectivity index (χ1v) is 13.7. The normalized spacial score (nSPS) is 15.3. The third kappa shape index (κ3) is 7.11. The maximum atomic E-state index is 12.8. The summed E-state index contributed by atoms with van der Waals surface area (Å²) in [6.07, 6.45) is 8.87. The number of aromatic nitrogens is 2. The van der Waals surface area contributed by atoms with Crippen molar-refractivity contribution in [2.45, 2.75) is 25.6 Å². The summed E-state index contributed by atoms with van der Waals surface area (Å²) in [6.45, 7) is 0.636. The number of carbonyl (C=O) groups is 2. The summed E-state index contributed by atoms with van der Waals surface area (Å²) in [5, 5.41) is 8.91. The Hall–Kier alpha value is -3.90. The molecule has 4 aromatic rings. The lowest BCUT2D eigenvalue weighted by Gasteiger charge is -2.21. The van der Waals surface area contributed by atoms with Gasteiger partial charge in [0, 0.05) is 58.7 Å². The molecule has 5 rings (SSSR count). The van der Waals surface area contributed by atoms with Gasteiger partial charge in [-0.05, 0) is 61.4 Å². The van der Waals surface area contributed by atoms with Gasteiger partial charge >= 0.3 is 0 Å². The average molecular weight is 548 g/mol. The average Bonchev–Trinajstić information content (AvgIpc) is 3.62. The van der Waals surface area contributed by atoms with E-state index in [2.05, 4.69) is 26.1 Å². The number of thiophene rings is 1. The minimum Gasteiger partial charge on any atom is -0.350 e. The van der Waals surface area contributed by atoms with E-state index in [-0.39, 0.29) is 5.91 Å². The molecule has 38 heavy (non-hydrogen) atoms. The number of pyridine rings is 1. The van der Waals surface area contributed by atoms with Gasteiger partial charge in [-0.15, -0.1) is 22.7 Å². The van der Waals surface area contributed by atoms with E-state index < -0.39 is 12.2 Å². The maximum Gasteiger partial charge on any atom is 0.267 e. The maximum absolute atomic E-state index is 12.8. The van der Waals surface area contributed by atoms with Crippen molar-refractivity contribution in [3.8, 4) is 11.3 Å². The van der Waals surface area contributed by atoms with E-state index in [4.69, 9.17) is 9.57 Å². The molecule has 1 aliphatic rings. The molecule has 2 amide bonds. The molecular formula is C27H25N5O4S2. The fourth-order valence-electron chi connectivity index (χ4n) is 3.65. The highest BCUT2D eigenvalue weighted by Crippen LogP contribution is 2.28. The smallest absolute Gasteiger partial charge is 0.267 e. The molecule has 0 aliphatic carbocycles. The number of rotatable bonds is 9. The summed E-state index contributed by atoms with van der Waals surface area (Å²) >= 11 is 2.77. The first-order chi connectivity index (χ1) is 18.6. The zero-order valence-electron chi connectivity index (χ0n) is 20.3. The van der Waals surface area contributed by atoms with Crippen LogP contribution in [0.25, 0.3) is 17.3 Å². The Morgan fingerprint density at radius 3 is 2.87 bits per heavy atom. The van der Waals surface area contributed by atoms with E-state index in [9.17, 15) is 9.59 Å². The van der Waals surface area contributed by atoms with Gasteiger partial charge in [0.1, 0.15) is 0 Å². The highest BCUT2D eigenvalue weighted by atomic mass is 32.1. The Labute approximate surface area is 227 Å². The third-order valence-electron chi connectivity index (χ3n) is 5.51. The zero-order chi connectivity index (χ0) is 26.2. The van der Waals surface area contributed by atoms with Gasteiger partial charge in [-0.3, -0.25) is 14.6 Å². The lowest BCUT2D eigenvalue weighted by Crippen LogP contribution is -2.32. The number of hydrogen-bond donors (Lipinski definition) is 3. The van der Waals surface area contributed by atoms with Crippen molar-refractivity contribution in [2.24, 2.45) is 0 Å². The van der Waals surface area contributed by atoms with E-state index in [1.807, 2.05) is 41.8 Å². The molecule has 1 atom stereocenters. The van der Waals surface area contributed by atoms with Crippen molar-refractivity contribution >= 4 is 57.1 Å². The van der Waals surface area contributed by atoms with Crippen molar-refractivity contribution in [3.63, 3.8) is 0 Å². The molecule has 0 spiro atoms. The molecule has 1 aliphatic heterocycles. The van der Waals surface area contributed by atoms with Crippen LogP contribution in [0.3, 0.4) is 0 Å². The molecule has 1 fully saturated rings. The van der Waals surface area contributed by atoms with Gasteiger partial charge in [0.2, 0.25) is 0 Å². The summed E-state index contributed by atoms with van der Waals surface area (Å²) in [6, 6.07) is 14.8. The molecule has 11 heteroatoms. The number of ether oxygens (including phenoxy) is 1. The van der Waals surface area contributed by atoms with Gasteiger partial charge in [0.05, 0.1) is 10.6 Å². The van der Waals surface area contributed by atoms with Crippen LogP contribution in [0.15, 0.2) is 72.4 Å². The molecule has 1 aromatic carbocycles. The second kappa shape index (κ2) is 12.6. The van der Waals surface area contributed by atoms with Gasteiger partial charge < -0.3 is 15.4 Å². The van der Waals surface area contributed by atoms with Crippen molar-refractivity contribution < 1.29 is 19.2 Å². The second-order valence-electron chi connectivity index (χ2n) is 8.36. The molecule has 1 saturated heterocycles. The minimum atomic E-state index is -0.405. The molecule has 4 heterocycles. The summed E-state index contributed by atoms with van der Waals surface area (Å²) in [4.78, 5) is 40.1. The van der Waals surface area contributed by atoms with Gasteiger partial charge in [-0.2, -0.15) is 0 Å². The zero-order valence-corrected chi connectivity index (χ0v) is 21.9. The number of anilines is 3. The first kappa shape index (κ1) is 25.7. The monoisotopic (exact) mass is 547 g/mol. The Bertz CT molecular complexity index is 1410. The largest absolute Gasteiger partial charge is 0.350 e. The number of amides is 2. The predicted molar refractivity (Wildman–Crippen MR) is 149 cm³/mol. The predicted octanol–water partition coefficient (Wildman–Crippen LogP) is 5.85. The molecule has 1 unspecified atom stereocenters. The van der Waals surface area contributed by atoms with Crippen LogP contribution >= 0.6 is 22.7 Å². The standard InChI is InChI=1S/C27H25N5O4S2/c33-24(32-36-25-8-1-2-14-35-25)12-10-21-9-11-23(38-21)26(34)29-19-6-3-7-20(15-19)30-27-31-22(17-37-27)18-5-4-13-28-16-18/h3-7,9-13,15-17,25H,1-2,8,14H2,(H,29,34)(H,30,31)(H,32,33)/b12-10+. The fraction of sp³-hybridized carbons (Fsp3) is 0.185. The molecule has 3 aromatic heterocycles. The lowest BCUT2D eigenvalue weighted by atomic mass is 10.2. The lowest BCUT2D eigenvalue weighted by molar-refractivity contribution is -0.198. The Kier molecular flexibility index (Phi) is 8.51. The van der Waals surface area contributed by atoms with E-state index in [0.29, 0.717) is 17.2 Å². The summed E-state index contributed by atoms with van der Waals surface area (Å²) in [5.74, 6) is -0.627. The van der Waals surface area contributed by atoms with Gasteiger partial charge in [0.15, 0.2) is 11.4 Å². The minimum absolute atomic E-state index is 0.234. The Morgan fingerprint density at radius 2 is 2.03 bits per heavy atom. The van der Waals surface area contributed by atoms with Crippen LogP contribution in [-0.2, 0) is 14.4 Å². The molecule has 3 N–H and O–H groups in total. The Morgan fingerprint density at radius 1 is 1.11 bits per heavy atom. The van der Waals surface area contributed by atoms with Crippen LogP contribution in [0.5, 0.6) is 0 Å². The van der Waals surface area contributed by atoms with Crippen molar-refractivity contribution in [1.82, 2.24) is 15.4 Å². The van der Waals surface area contributed by atoms with Crippen LogP contribution in [0.2, 0.25) is 0 Å². The summed E-state index contributed by atoms with van der Waals surface area (Å²) in [5.41, 5.74) is 5.63. The molecule has 0 saturated carbocycles. The van der Waals surface area contributed by atoms with E-state index >= 15 is 0 Å². The number of carbonyl (C=O) groups excluding carboxylic acids is 2. The third-order valence-corrected chi connectivity index (χ3v) is 7.32. The molecule has 9 nitrogen and oxygen atoms in total. The fourth-order valence-corrected chi connectivity index (χ4v) is 5.20. The quantitative estimate of drug-likeness (QED) is 0.178. The first-order valence-electron chi connectivity index (χ1n) is 12.0.